The third-order valence-electron chi connectivity index (χ3n) is 5.99. The summed E-state index contributed by atoms with van der Waals surface area (Å²) >= 11 is 0. The van der Waals surface area contributed by atoms with Crippen molar-refractivity contribution in [1.29, 1.82) is 0 Å². The summed E-state index contributed by atoms with van der Waals surface area (Å²) in [5.41, 5.74) is 0.631. The van der Waals surface area contributed by atoms with Crippen LogP contribution in [0.2, 0.25) is 0 Å². The maximum absolute atomic E-state index is 13.5. The lowest BCUT2D eigenvalue weighted by atomic mass is 10.1. The molecule has 0 aromatic heterocycles. The standard InChI is InChI=1S/C27H32FN3O4S/c1-4-16-29-27(33)25(5-2)31(18-20-10-13-23(28)14-11-20)26(32)19-30(3)36(34,35)24-15-12-21-8-6-7-9-22(21)17-24/h6-15,17,25H,4-5,16,18-19H2,1-3H3,(H,29,33). The molecule has 0 radical (unpaired) electrons. The molecule has 36 heavy (non-hydrogen) atoms. The molecule has 1 unspecified atom stereocenters. The Balaban J connectivity index is 1.86. The van der Waals surface area contributed by atoms with Crippen LogP contribution >= 0.6 is 0 Å². The lowest BCUT2D eigenvalue weighted by Crippen LogP contribution is -2.51. The van der Waals surface area contributed by atoms with Gasteiger partial charge in [-0.3, -0.25) is 9.59 Å². The van der Waals surface area contributed by atoms with Crippen molar-refractivity contribution in [2.24, 2.45) is 0 Å². The third-order valence-corrected chi connectivity index (χ3v) is 7.79. The molecular formula is C27H32FN3O4S. The van der Waals surface area contributed by atoms with E-state index in [0.29, 0.717) is 18.5 Å². The molecule has 3 rings (SSSR count). The Morgan fingerprint density at radius 1 is 0.972 bits per heavy atom. The second-order valence-electron chi connectivity index (χ2n) is 8.63. The van der Waals surface area contributed by atoms with E-state index in [2.05, 4.69) is 5.32 Å². The fourth-order valence-electron chi connectivity index (χ4n) is 3.95. The van der Waals surface area contributed by atoms with Crippen LogP contribution in [0.4, 0.5) is 4.39 Å². The van der Waals surface area contributed by atoms with E-state index in [0.717, 1.165) is 21.5 Å². The van der Waals surface area contributed by atoms with E-state index in [9.17, 15) is 22.4 Å². The smallest absolute Gasteiger partial charge is 0.243 e. The van der Waals surface area contributed by atoms with E-state index in [4.69, 9.17) is 0 Å². The molecular weight excluding hydrogens is 481 g/mol. The maximum Gasteiger partial charge on any atom is 0.243 e. The number of nitrogens with one attached hydrogen (secondary N) is 1. The number of rotatable bonds is 11. The molecule has 0 spiro atoms. The summed E-state index contributed by atoms with van der Waals surface area (Å²) in [4.78, 5) is 27.8. The number of halogens is 1. The van der Waals surface area contributed by atoms with Crippen LogP contribution in [0, 0.1) is 5.82 Å². The van der Waals surface area contributed by atoms with Crippen LogP contribution in [-0.2, 0) is 26.2 Å². The van der Waals surface area contributed by atoms with Gasteiger partial charge in [0, 0.05) is 20.1 Å². The van der Waals surface area contributed by atoms with Crippen molar-refractivity contribution in [2.45, 2.75) is 44.2 Å². The predicted octanol–water partition coefficient (Wildman–Crippen LogP) is 3.93. The highest BCUT2D eigenvalue weighted by molar-refractivity contribution is 7.89. The van der Waals surface area contributed by atoms with Crippen LogP contribution in [0.25, 0.3) is 10.8 Å². The number of likely N-dealkylation sites (N-methyl/N-ethyl adjacent to an activating group) is 1. The highest BCUT2D eigenvalue weighted by Gasteiger charge is 2.31. The summed E-state index contributed by atoms with van der Waals surface area (Å²) < 4.78 is 41.0. The van der Waals surface area contributed by atoms with Gasteiger partial charge in [0.1, 0.15) is 11.9 Å². The first-order valence-electron chi connectivity index (χ1n) is 11.9. The number of sulfonamides is 1. The van der Waals surface area contributed by atoms with Gasteiger partial charge < -0.3 is 10.2 Å². The van der Waals surface area contributed by atoms with E-state index in [1.807, 2.05) is 31.2 Å². The fourth-order valence-corrected chi connectivity index (χ4v) is 5.10. The van der Waals surface area contributed by atoms with Gasteiger partial charge >= 0.3 is 0 Å². The lowest BCUT2D eigenvalue weighted by Gasteiger charge is -2.32. The highest BCUT2D eigenvalue weighted by atomic mass is 32.2. The summed E-state index contributed by atoms with van der Waals surface area (Å²) in [6.45, 7) is 3.77. The number of carbonyl (C=O) groups excluding carboxylic acids is 2. The summed E-state index contributed by atoms with van der Waals surface area (Å²) in [6.07, 6.45) is 1.07. The number of hydrogen-bond donors (Lipinski definition) is 1. The van der Waals surface area contributed by atoms with Gasteiger partial charge in [-0.2, -0.15) is 4.31 Å². The quantitative estimate of drug-likeness (QED) is 0.421. The maximum atomic E-state index is 13.5. The van der Waals surface area contributed by atoms with Crippen LogP contribution < -0.4 is 5.32 Å². The molecule has 0 aliphatic carbocycles. The van der Waals surface area contributed by atoms with Crippen LogP contribution in [0.1, 0.15) is 32.3 Å². The zero-order valence-corrected chi connectivity index (χ0v) is 21.6. The van der Waals surface area contributed by atoms with Crippen LogP contribution in [-0.4, -0.2) is 55.6 Å². The molecule has 0 aliphatic heterocycles. The normalized spacial score (nSPS) is 12.5. The minimum atomic E-state index is -3.97. The molecule has 1 N–H and O–H groups in total. The first kappa shape index (κ1) is 27.3. The molecule has 0 saturated heterocycles. The second-order valence-corrected chi connectivity index (χ2v) is 10.7. The van der Waals surface area contributed by atoms with E-state index in [1.165, 1.54) is 30.1 Å². The molecule has 3 aromatic rings. The lowest BCUT2D eigenvalue weighted by molar-refractivity contribution is -0.141. The zero-order chi connectivity index (χ0) is 26.3. The monoisotopic (exact) mass is 513 g/mol. The van der Waals surface area contributed by atoms with Gasteiger partial charge in [-0.1, -0.05) is 56.3 Å². The Morgan fingerprint density at radius 2 is 1.64 bits per heavy atom. The summed E-state index contributed by atoms with van der Waals surface area (Å²) in [7, 11) is -2.62. The van der Waals surface area contributed by atoms with Crippen molar-refractivity contribution < 1.29 is 22.4 Å². The number of nitrogens with zero attached hydrogens (tertiary/aromatic N) is 2. The van der Waals surface area contributed by atoms with Crippen LogP contribution in [0.3, 0.4) is 0 Å². The van der Waals surface area contributed by atoms with Crippen LogP contribution in [0.5, 0.6) is 0 Å². The number of amides is 2. The van der Waals surface area contributed by atoms with Crippen LogP contribution in [0.15, 0.2) is 71.6 Å². The Labute approximate surface area is 212 Å². The SMILES string of the molecule is CCCNC(=O)C(CC)N(Cc1ccc(F)cc1)C(=O)CN(C)S(=O)(=O)c1ccc2ccccc2c1. The molecule has 9 heteroatoms. The first-order chi connectivity index (χ1) is 17.2. The number of fused-ring (bicyclic) bond motifs is 1. The Hall–Kier alpha value is -3.30. The second kappa shape index (κ2) is 12.1. The first-order valence-corrected chi connectivity index (χ1v) is 13.4. The van der Waals surface area contributed by atoms with Gasteiger partial charge in [0.15, 0.2) is 0 Å². The van der Waals surface area contributed by atoms with E-state index in [1.54, 1.807) is 31.2 Å². The molecule has 2 amide bonds. The van der Waals surface area contributed by atoms with Crippen molar-refractivity contribution in [3.63, 3.8) is 0 Å². The third kappa shape index (κ3) is 6.47. The topological polar surface area (TPSA) is 86.8 Å². The minimum absolute atomic E-state index is 0.0427. The van der Waals surface area contributed by atoms with Gasteiger partial charge in [-0.15, -0.1) is 0 Å². The Kier molecular flexibility index (Phi) is 9.17. The molecule has 0 heterocycles. The number of benzene rings is 3. The summed E-state index contributed by atoms with van der Waals surface area (Å²) in [5.74, 6) is -1.25. The molecule has 0 aliphatic rings. The molecule has 3 aromatic carbocycles. The van der Waals surface area contributed by atoms with Gasteiger partial charge in [0.2, 0.25) is 21.8 Å². The minimum Gasteiger partial charge on any atom is -0.354 e. The predicted molar refractivity (Wildman–Crippen MR) is 138 cm³/mol. The van der Waals surface area contributed by atoms with Gasteiger partial charge in [-0.05, 0) is 53.4 Å². The molecule has 192 valence electrons. The average molecular weight is 514 g/mol. The van der Waals surface area contributed by atoms with Crippen molar-refractivity contribution >= 4 is 32.6 Å². The van der Waals surface area contributed by atoms with Crippen molar-refractivity contribution in [2.75, 3.05) is 20.1 Å². The van der Waals surface area contributed by atoms with E-state index >= 15 is 0 Å². The van der Waals surface area contributed by atoms with Crippen molar-refractivity contribution in [3.05, 3.63) is 78.1 Å². The molecule has 0 saturated carbocycles. The van der Waals surface area contributed by atoms with Crippen molar-refractivity contribution in [3.8, 4) is 0 Å². The molecule has 0 fully saturated rings. The molecule has 7 nitrogen and oxygen atoms in total. The fraction of sp³-hybridized carbons (Fsp3) is 0.333. The molecule has 1 atom stereocenters. The average Bonchev–Trinajstić information content (AvgIpc) is 2.87. The Morgan fingerprint density at radius 3 is 2.28 bits per heavy atom. The molecule has 0 bridgehead atoms. The zero-order valence-electron chi connectivity index (χ0n) is 20.8. The largest absolute Gasteiger partial charge is 0.354 e. The van der Waals surface area contributed by atoms with Crippen molar-refractivity contribution in [1.82, 2.24) is 14.5 Å². The summed E-state index contributed by atoms with van der Waals surface area (Å²) in [6, 6.07) is 17.1. The van der Waals surface area contributed by atoms with E-state index < -0.39 is 34.3 Å². The van der Waals surface area contributed by atoms with Gasteiger partial charge in [0.05, 0.1) is 11.4 Å². The van der Waals surface area contributed by atoms with Gasteiger partial charge in [0.25, 0.3) is 0 Å². The number of carbonyl (C=O) groups is 2. The summed E-state index contributed by atoms with van der Waals surface area (Å²) in [5, 5.41) is 4.50. The highest BCUT2D eigenvalue weighted by Crippen LogP contribution is 2.22. The number of hydrogen-bond acceptors (Lipinski definition) is 4. The van der Waals surface area contributed by atoms with E-state index in [-0.39, 0.29) is 17.3 Å². The Bertz CT molecular complexity index is 1310. The van der Waals surface area contributed by atoms with Gasteiger partial charge in [-0.25, -0.2) is 12.8 Å².